The van der Waals surface area contributed by atoms with Crippen LogP contribution in [0.5, 0.6) is 0 Å². The average Bonchev–Trinajstić information content (AvgIpc) is 2.37. The van der Waals surface area contributed by atoms with E-state index in [-0.39, 0.29) is 17.2 Å². The van der Waals surface area contributed by atoms with Crippen LogP contribution in [-0.2, 0) is 6.18 Å². The maximum atomic E-state index is 13.1. The second-order valence-electron chi connectivity index (χ2n) is 5.00. The molecule has 2 atom stereocenters. The Morgan fingerprint density at radius 1 is 1.35 bits per heavy atom. The molecule has 1 aliphatic rings. The average molecular weight is 372 g/mol. The van der Waals surface area contributed by atoms with E-state index in [2.05, 4.69) is 20.9 Å². The normalized spacial score (nSPS) is 23.7. The fourth-order valence-corrected chi connectivity index (χ4v) is 3.36. The van der Waals surface area contributed by atoms with Gasteiger partial charge in [0.15, 0.2) is 0 Å². The van der Waals surface area contributed by atoms with Gasteiger partial charge in [-0.25, -0.2) is 4.98 Å². The number of alkyl halides is 4. The van der Waals surface area contributed by atoms with E-state index in [0.717, 1.165) is 31.7 Å². The first-order chi connectivity index (χ1) is 9.30. The third-order valence-electron chi connectivity index (χ3n) is 3.62. The van der Waals surface area contributed by atoms with E-state index in [0.29, 0.717) is 4.47 Å². The molecule has 1 aliphatic carbocycles. The first kappa shape index (κ1) is 15.9. The molecule has 0 amide bonds. The van der Waals surface area contributed by atoms with Crippen molar-refractivity contribution in [3.05, 3.63) is 22.3 Å². The Balaban J connectivity index is 2.36. The monoisotopic (exact) mass is 370 g/mol. The highest BCUT2D eigenvalue weighted by molar-refractivity contribution is 9.10. The van der Waals surface area contributed by atoms with Crippen LogP contribution in [0.15, 0.2) is 16.7 Å². The quantitative estimate of drug-likeness (QED) is 0.691. The maximum Gasteiger partial charge on any atom is 0.419 e. The standard InChI is InChI=1S/C13H15BrClF3N2/c1-20(11-5-3-2-4-10(11)15)12-9(13(16,17)18)6-8(14)7-19-12/h6-7,10-11H,2-5H2,1H3. The fraction of sp³-hybridized carbons (Fsp3) is 0.615. The SMILES string of the molecule is CN(c1ncc(Br)cc1C(F)(F)F)C1CCCCC1Cl. The van der Waals surface area contributed by atoms with Crippen LogP contribution in [-0.4, -0.2) is 23.5 Å². The van der Waals surface area contributed by atoms with E-state index in [1.807, 2.05) is 0 Å². The van der Waals surface area contributed by atoms with Gasteiger partial charge in [0.1, 0.15) is 5.82 Å². The summed E-state index contributed by atoms with van der Waals surface area (Å²) in [6.07, 6.45) is 0.576. The summed E-state index contributed by atoms with van der Waals surface area (Å²) in [5.74, 6) is -0.0572. The lowest BCUT2D eigenvalue weighted by molar-refractivity contribution is -0.137. The summed E-state index contributed by atoms with van der Waals surface area (Å²) in [7, 11) is 1.64. The first-order valence-corrected chi connectivity index (χ1v) is 7.63. The molecule has 0 radical (unpaired) electrons. The van der Waals surface area contributed by atoms with Gasteiger partial charge >= 0.3 is 6.18 Å². The molecule has 1 aromatic heterocycles. The molecule has 2 unspecified atom stereocenters. The lowest BCUT2D eigenvalue weighted by Crippen LogP contribution is -2.42. The zero-order valence-corrected chi connectivity index (χ0v) is 13.3. The van der Waals surface area contributed by atoms with Crippen molar-refractivity contribution >= 4 is 33.3 Å². The summed E-state index contributed by atoms with van der Waals surface area (Å²) >= 11 is 9.30. The second kappa shape index (κ2) is 6.10. The topological polar surface area (TPSA) is 16.1 Å². The summed E-state index contributed by atoms with van der Waals surface area (Å²) in [5.41, 5.74) is -0.733. The Morgan fingerprint density at radius 2 is 2.00 bits per heavy atom. The summed E-state index contributed by atoms with van der Waals surface area (Å²) in [6.45, 7) is 0. The van der Waals surface area contributed by atoms with E-state index in [1.54, 1.807) is 11.9 Å². The van der Waals surface area contributed by atoms with Crippen LogP contribution in [0.2, 0.25) is 0 Å². The smallest absolute Gasteiger partial charge is 0.355 e. The van der Waals surface area contributed by atoms with E-state index < -0.39 is 11.7 Å². The van der Waals surface area contributed by atoms with E-state index >= 15 is 0 Å². The highest BCUT2D eigenvalue weighted by Gasteiger charge is 2.38. The van der Waals surface area contributed by atoms with Crippen LogP contribution in [0.3, 0.4) is 0 Å². The van der Waals surface area contributed by atoms with Crippen molar-refractivity contribution in [2.75, 3.05) is 11.9 Å². The molecule has 0 spiro atoms. The number of rotatable bonds is 2. The van der Waals surface area contributed by atoms with E-state index in [1.165, 1.54) is 6.20 Å². The molecule has 1 heterocycles. The van der Waals surface area contributed by atoms with Crippen LogP contribution >= 0.6 is 27.5 Å². The molecule has 2 rings (SSSR count). The molecule has 2 nitrogen and oxygen atoms in total. The summed E-state index contributed by atoms with van der Waals surface area (Å²) in [5, 5.41) is -0.139. The summed E-state index contributed by atoms with van der Waals surface area (Å²) < 4.78 is 39.7. The molecule has 0 bridgehead atoms. The predicted octanol–water partition coefficient (Wildman–Crippen LogP) is 4.85. The molecule has 0 N–H and O–H groups in total. The molecule has 0 aliphatic heterocycles. The third kappa shape index (κ3) is 3.39. The minimum absolute atomic E-state index is 0.0572. The Hall–Kier alpha value is -0.490. The molecule has 1 fully saturated rings. The lowest BCUT2D eigenvalue weighted by atomic mass is 9.93. The minimum Gasteiger partial charge on any atom is -0.355 e. The zero-order valence-electron chi connectivity index (χ0n) is 10.9. The molecule has 20 heavy (non-hydrogen) atoms. The highest BCUT2D eigenvalue weighted by Crippen LogP contribution is 2.38. The number of pyridine rings is 1. The number of hydrogen-bond acceptors (Lipinski definition) is 2. The van der Waals surface area contributed by atoms with Gasteiger partial charge in [0.05, 0.1) is 10.9 Å². The van der Waals surface area contributed by atoms with Gasteiger partial charge in [-0.1, -0.05) is 12.8 Å². The van der Waals surface area contributed by atoms with Gasteiger partial charge < -0.3 is 4.90 Å². The van der Waals surface area contributed by atoms with Crippen molar-refractivity contribution in [3.8, 4) is 0 Å². The van der Waals surface area contributed by atoms with Gasteiger partial charge in [-0.3, -0.25) is 0 Å². The van der Waals surface area contributed by atoms with Crippen molar-refractivity contribution in [2.45, 2.75) is 43.3 Å². The Kier molecular flexibility index (Phi) is 4.84. The van der Waals surface area contributed by atoms with Crippen molar-refractivity contribution in [3.63, 3.8) is 0 Å². The van der Waals surface area contributed by atoms with Crippen LogP contribution in [0.1, 0.15) is 31.2 Å². The Morgan fingerprint density at radius 3 is 2.60 bits per heavy atom. The van der Waals surface area contributed by atoms with Gasteiger partial charge in [-0.05, 0) is 34.8 Å². The maximum absolute atomic E-state index is 13.1. The number of aromatic nitrogens is 1. The van der Waals surface area contributed by atoms with Gasteiger partial charge in [0.2, 0.25) is 0 Å². The molecule has 0 aromatic carbocycles. The van der Waals surface area contributed by atoms with Crippen LogP contribution in [0, 0.1) is 0 Å². The summed E-state index contributed by atoms with van der Waals surface area (Å²) in [6, 6.07) is 0.949. The molecule has 112 valence electrons. The van der Waals surface area contributed by atoms with E-state index in [4.69, 9.17) is 11.6 Å². The molecule has 7 heteroatoms. The zero-order chi connectivity index (χ0) is 14.9. The van der Waals surface area contributed by atoms with Crippen LogP contribution < -0.4 is 4.90 Å². The van der Waals surface area contributed by atoms with Crippen molar-refractivity contribution in [1.82, 2.24) is 4.98 Å². The largest absolute Gasteiger partial charge is 0.419 e. The second-order valence-corrected chi connectivity index (χ2v) is 6.48. The van der Waals surface area contributed by atoms with Gasteiger partial charge in [0, 0.05) is 23.8 Å². The predicted molar refractivity (Wildman–Crippen MR) is 77.2 cm³/mol. The van der Waals surface area contributed by atoms with Gasteiger partial charge in [-0.15, -0.1) is 11.6 Å². The molecular formula is C13H15BrClF3N2. The molecule has 1 aromatic rings. The molecular weight excluding hydrogens is 357 g/mol. The molecule has 1 saturated carbocycles. The fourth-order valence-electron chi connectivity index (χ4n) is 2.58. The molecule has 0 saturated heterocycles. The van der Waals surface area contributed by atoms with Gasteiger partial charge in [-0.2, -0.15) is 13.2 Å². The Labute approximate surface area is 129 Å². The lowest BCUT2D eigenvalue weighted by Gasteiger charge is -2.36. The van der Waals surface area contributed by atoms with Crippen molar-refractivity contribution < 1.29 is 13.2 Å². The first-order valence-electron chi connectivity index (χ1n) is 6.40. The van der Waals surface area contributed by atoms with E-state index in [9.17, 15) is 13.2 Å². The number of nitrogens with zero attached hydrogens (tertiary/aromatic N) is 2. The number of hydrogen-bond donors (Lipinski definition) is 0. The minimum atomic E-state index is -4.43. The highest BCUT2D eigenvalue weighted by atomic mass is 79.9. The van der Waals surface area contributed by atoms with Gasteiger partial charge in [0.25, 0.3) is 0 Å². The van der Waals surface area contributed by atoms with Crippen molar-refractivity contribution in [2.24, 2.45) is 0 Å². The number of anilines is 1. The summed E-state index contributed by atoms with van der Waals surface area (Å²) in [4.78, 5) is 5.53. The van der Waals surface area contributed by atoms with Crippen LogP contribution in [0.4, 0.5) is 19.0 Å². The van der Waals surface area contributed by atoms with Crippen molar-refractivity contribution in [1.29, 1.82) is 0 Å². The number of halogens is 5. The Bertz CT molecular complexity index is 481. The van der Waals surface area contributed by atoms with Crippen LogP contribution in [0.25, 0.3) is 0 Å². The third-order valence-corrected chi connectivity index (χ3v) is 4.56.